The average Bonchev–Trinajstić information content (AvgIpc) is 2.57. The standard InChI is InChI=1S/C19H23FN2O3S/c1-26(24,25)22(13-6-9-16-7-3-2-4-8-16)14-12-19(23)21-18-11-5-10-17(20)15-18/h2-5,7-8,10-11,15H,6,9,12-14H2,1H3,(H,21,23). The van der Waals surface area contributed by atoms with E-state index in [4.69, 9.17) is 0 Å². The van der Waals surface area contributed by atoms with Gasteiger partial charge in [0.2, 0.25) is 15.9 Å². The maximum absolute atomic E-state index is 13.1. The van der Waals surface area contributed by atoms with E-state index in [-0.39, 0.29) is 18.9 Å². The third-order valence-electron chi connectivity index (χ3n) is 3.88. The number of benzene rings is 2. The molecule has 0 saturated heterocycles. The summed E-state index contributed by atoms with van der Waals surface area (Å²) in [5.41, 5.74) is 1.50. The summed E-state index contributed by atoms with van der Waals surface area (Å²) in [7, 11) is -3.40. The van der Waals surface area contributed by atoms with Gasteiger partial charge in [-0.25, -0.2) is 17.1 Å². The van der Waals surface area contributed by atoms with Crippen molar-refractivity contribution < 1.29 is 17.6 Å². The van der Waals surface area contributed by atoms with Crippen LogP contribution in [0.25, 0.3) is 0 Å². The molecule has 2 aromatic carbocycles. The minimum Gasteiger partial charge on any atom is -0.326 e. The molecule has 0 aliphatic rings. The lowest BCUT2D eigenvalue weighted by Crippen LogP contribution is -2.34. The minimum atomic E-state index is -3.40. The summed E-state index contributed by atoms with van der Waals surface area (Å²) in [6.45, 7) is 0.440. The average molecular weight is 378 g/mol. The maximum Gasteiger partial charge on any atom is 0.225 e. The fourth-order valence-corrected chi connectivity index (χ4v) is 3.45. The van der Waals surface area contributed by atoms with Crippen LogP contribution in [0.15, 0.2) is 54.6 Å². The van der Waals surface area contributed by atoms with E-state index in [9.17, 15) is 17.6 Å². The predicted octanol–water partition coefficient (Wildman–Crippen LogP) is 3.05. The van der Waals surface area contributed by atoms with Gasteiger partial charge in [-0.2, -0.15) is 0 Å². The van der Waals surface area contributed by atoms with Crippen molar-refractivity contribution in [2.75, 3.05) is 24.7 Å². The van der Waals surface area contributed by atoms with Crippen LogP contribution in [0.4, 0.5) is 10.1 Å². The van der Waals surface area contributed by atoms with E-state index >= 15 is 0 Å². The van der Waals surface area contributed by atoms with Gasteiger partial charge in [-0.15, -0.1) is 0 Å². The van der Waals surface area contributed by atoms with Crippen LogP contribution in [0.5, 0.6) is 0 Å². The lowest BCUT2D eigenvalue weighted by Gasteiger charge is -2.19. The first-order chi connectivity index (χ1) is 12.3. The molecule has 5 nitrogen and oxygen atoms in total. The molecule has 0 fully saturated rings. The molecule has 0 atom stereocenters. The molecule has 140 valence electrons. The Morgan fingerprint density at radius 3 is 2.46 bits per heavy atom. The molecule has 0 aliphatic heterocycles. The molecule has 0 unspecified atom stereocenters. The van der Waals surface area contributed by atoms with E-state index in [1.54, 1.807) is 6.07 Å². The zero-order valence-corrected chi connectivity index (χ0v) is 15.5. The summed E-state index contributed by atoms with van der Waals surface area (Å²) < 4.78 is 38.3. The third kappa shape index (κ3) is 6.93. The molecule has 1 amide bonds. The molecule has 0 heterocycles. The van der Waals surface area contributed by atoms with Crippen LogP contribution in [-0.2, 0) is 21.2 Å². The van der Waals surface area contributed by atoms with Crippen LogP contribution in [0, 0.1) is 5.82 Å². The number of anilines is 1. The number of hydrogen-bond acceptors (Lipinski definition) is 3. The highest BCUT2D eigenvalue weighted by Crippen LogP contribution is 2.11. The summed E-state index contributed by atoms with van der Waals surface area (Å²) in [5.74, 6) is -0.797. The molecule has 0 radical (unpaired) electrons. The van der Waals surface area contributed by atoms with Crippen molar-refractivity contribution in [3.63, 3.8) is 0 Å². The van der Waals surface area contributed by atoms with Crippen LogP contribution >= 0.6 is 0 Å². The first-order valence-electron chi connectivity index (χ1n) is 8.39. The van der Waals surface area contributed by atoms with E-state index in [2.05, 4.69) is 5.32 Å². The molecule has 0 aromatic heterocycles. The predicted molar refractivity (Wildman–Crippen MR) is 101 cm³/mol. The highest BCUT2D eigenvalue weighted by molar-refractivity contribution is 7.88. The Kier molecular flexibility index (Phi) is 7.29. The van der Waals surface area contributed by atoms with Gasteiger partial charge < -0.3 is 5.32 Å². The van der Waals surface area contributed by atoms with Crippen molar-refractivity contribution in [1.29, 1.82) is 0 Å². The minimum absolute atomic E-state index is 0.00885. The van der Waals surface area contributed by atoms with Crippen LogP contribution in [0.1, 0.15) is 18.4 Å². The summed E-state index contributed by atoms with van der Waals surface area (Å²) in [4.78, 5) is 12.0. The first-order valence-corrected chi connectivity index (χ1v) is 10.2. The zero-order chi connectivity index (χ0) is 19.0. The molecule has 0 bridgehead atoms. The monoisotopic (exact) mass is 378 g/mol. The van der Waals surface area contributed by atoms with Crippen LogP contribution in [0.3, 0.4) is 0 Å². The number of aryl methyl sites for hydroxylation is 1. The molecular formula is C19H23FN2O3S. The van der Waals surface area contributed by atoms with E-state index in [0.29, 0.717) is 18.7 Å². The molecule has 2 rings (SSSR count). The Balaban J connectivity index is 1.84. The van der Waals surface area contributed by atoms with Gasteiger partial charge in [0.15, 0.2) is 0 Å². The Labute approximate surface area is 153 Å². The molecule has 0 aliphatic carbocycles. The number of carbonyl (C=O) groups excluding carboxylic acids is 1. The maximum atomic E-state index is 13.1. The highest BCUT2D eigenvalue weighted by atomic mass is 32.2. The quantitative estimate of drug-likeness (QED) is 0.729. The van der Waals surface area contributed by atoms with Crippen molar-refractivity contribution >= 4 is 21.6 Å². The third-order valence-corrected chi connectivity index (χ3v) is 5.18. The van der Waals surface area contributed by atoms with Gasteiger partial charge in [0, 0.05) is 25.2 Å². The number of nitrogens with zero attached hydrogens (tertiary/aromatic N) is 1. The smallest absolute Gasteiger partial charge is 0.225 e. The zero-order valence-electron chi connectivity index (χ0n) is 14.7. The molecule has 0 spiro atoms. The SMILES string of the molecule is CS(=O)(=O)N(CCCc1ccccc1)CCC(=O)Nc1cccc(F)c1. The van der Waals surface area contributed by atoms with Crippen molar-refractivity contribution in [2.24, 2.45) is 0 Å². The first kappa shape index (κ1) is 20.1. The number of amides is 1. The fourth-order valence-electron chi connectivity index (χ4n) is 2.56. The van der Waals surface area contributed by atoms with Crippen molar-refractivity contribution in [2.45, 2.75) is 19.3 Å². The molecule has 26 heavy (non-hydrogen) atoms. The van der Waals surface area contributed by atoms with Crippen LogP contribution < -0.4 is 5.32 Å². The number of sulfonamides is 1. The molecular weight excluding hydrogens is 355 g/mol. The van der Waals surface area contributed by atoms with E-state index < -0.39 is 15.8 Å². The summed E-state index contributed by atoms with van der Waals surface area (Å²) in [6.07, 6.45) is 2.58. The van der Waals surface area contributed by atoms with E-state index in [1.807, 2.05) is 30.3 Å². The summed E-state index contributed by atoms with van der Waals surface area (Å²) in [5, 5.41) is 2.57. The van der Waals surface area contributed by atoms with Gasteiger partial charge in [-0.1, -0.05) is 36.4 Å². The van der Waals surface area contributed by atoms with Gasteiger partial charge in [0.1, 0.15) is 5.82 Å². The van der Waals surface area contributed by atoms with Gasteiger partial charge in [0.25, 0.3) is 0 Å². The summed E-state index contributed by atoms with van der Waals surface area (Å²) >= 11 is 0. The topological polar surface area (TPSA) is 66.5 Å². The van der Waals surface area contributed by atoms with Gasteiger partial charge >= 0.3 is 0 Å². The van der Waals surface area contributed by atoms with Gasteiger partial charge in [-0.3, -0.25) is 4.79 Å². The van der Waals surface area contributed by atoms with E-state index in [0.717, 1.165) is 18.2 Å². The molecule has 2 aromatic rings. The molecule has 1 N–H and O–H groups in total. The van der Waals surface area contributed by atoms with Gasteiger partial charge in [0.05, 0.1) is 6.26 Å². The van der Waals surface area contributed by atoms with Crippen LogP contribution in [-0.4, -0.2) is 38.0 Å². The Bertz CT molecular complexity index is 826. The highest BCUT2D eigenvalue weighted by Gasteiger charge is 2.17. The number of halogens is 1. The van der Waals surface area contributed by atoms with Crippen molar-refractivity contribution in [1.82, 2.24) is 4.31 Å². The largest absolute Gasteiger partial charge is 0.326 e. The van der Waals surface area contributed by atoms with Crippen molar-refractivity contribution in [3.8, 4) is 0 Å². The van der Waals surface area contributed by atoms with Crippen molar-refractivity contribution in [3.05, 3.63) is 66.0 Å². The lowest BCUT2D eigenvalue weighted by atomic mass is 10.1. The number of hydrogen-bond donors (Lipinski definition) is 1. The second-order valence-electron chi connectivity index (χ2n) is 6.06. The fraction of sp³-hybridized carbons (Fsp3) is 0.316. The molecule has 0 saturated carbocycles. The molecule has 7 heteroatoms. The number of carbonyl (C=O) groups is 1. The van der Waals surface area contributed by atoms with Gasteiger partial charge in [-0.05, 0) is 36.6 Å². The Hall–Kier alpha value is -2.25. The van der Waals surface area contributed by atoms with E-state index in [1.165, 1.54) is 22.5 Å². The Morgan fingerprint density at radius 2 is 1.81 bits per heavy atom. The second kappa shape index (κ2) is 9.45. The Morgan fingerprint density at radius 1 is 1.08 bits per heavy atom. The normalized spacial score (nSPS) is 11.5. The second-order valence-corrected chi connectivity index (χ2v) is 8.04. The summed E-state index contributed by atoms with van der Waals surface area (Å²) in [6, 6.07) is 15.4. The number of rotatable bonds is 9. The van der Waals surface area contributed by atoms with Crippen LogP contribution in [0.2, 0.25) is 0 Å². The lowest BCUT2D eigenvalue weighted by molar-refractivity contribution is -0.116. The number of nitrogens with one attached hydrogen (secondary N) is 1.